The van der Waals surface area contributed by atoms with Gasteiger partial charge >= 0.3 is 0 Å². The van der Waals surface area contributed by atoms with Gasteiger partial charge in [0.05, 0.1) is 12.8 Å². The molecular weight excluding hydrogens is 439 g/mol. The van der Waals surface area contributed by atoms with Gasteiger partial charge in [-0.2, -0.15) is 0 Å². The summed E-state index contributed by atoms with van der Waals surface area (Å²) in [4.78, 5) is 12.2. The van der Waals surface area contributed by atoms with Crippen molar-refractivity contribution in [1.29, 1.82) is 0 Å². The maximum atomic E-state index is 13.7. The van der Waals surface area contributed by atoms with Gasteiger partial charge in [-0.1, -0.05) is 54.2 Å². The summed E-state index contributed by atoms with van der Waals surface area (Å²) in [5.74, 6) is 1.45. The number of halogens is 1. The molecule has 8 heteroatoms. The van der Waals surface area contributed by atoms with Crippen molar-refractivity contribution in [1.82, 2.24) is 14.8 Å². The Morgan fingerprint density at radius 1 is 1.03 bits per heavy atom. The molecule has 0 aliphatic carbocycles. The van der Waals surface area contributed by atoms with E-state index >= 15 is 0 Å². The minimum absolute atomic E-state index is 0.196. The molecule has 0 saturated carbocycles. The lowest BCUT2D eigenvalue weighted by molar-refractivity contribution is -0.116. The molecule has 3 aromatic carbocycles. The van der Waals surface area contributed by atoms with Crippen molar-refractivity contribution in [3.05, 3.63) is 84.7 Å². The molecule has 4 rings (SSSR count). The predicted molar refractivity (Wildman–Crippen MR) is 128 cm³/mol. The minimum Gasteiger partial charge on any atom is -0.497 e. The second kappa shape index (κ2) is 10.8. The molecule has 0 saturated heterocycles. The number of nitrogens with zero attached hydrogens (tertiary/aromatic N) is 3. The van der Waals surface area contributed by atoms with E-state index < -0.39 is 5.82 Å². The molecule has 0 bridgehead atoms. The number of rotatable bonds is 9. The van der Waals surface area contributed by atoms with Gasteiger partial charge in [0.1, 0.15) is 11.6 Å². The molecule has 0 atom stereocenters. The maximum Gasteiger partial charge on any atom is 0.224 e. The van der Waals surface area contributed by atoms with Gasteiger partial charge in [-0.15, -0.1) is 10.2 Å². The highest BCUT2D eigenvalue weighted by molar-refractivity contribution is 7.99. The third-order valence-electron chi connectivity index (χ3n) is 4.90. The fourth-order valence-corrected chi connectivity index (χ4v) is 4.18. The van der Waals surface area contributed by atoms with Gasteiger partial charge in [0.15, 0.2) is 11.0 Å². The van der Waals surface area contributed by atoms with E-state index in [4.69, 9.17) is 4.74 Å². The highest BCUT2D eigenvalue weighted by atomic mass is 32.2. The number of amides is 1. The largest absolute Gasteiger partial charge is 0.497 e. The van der Waals surface area contributed by atoms with Crippen LogP contribution in [0.25, 0.3) is 17.1 Å². The summed E-state index contributed by atoms with van der Waals surface area (Å²) in [7, 11) is 1.63. The summed E-state index contributed by atoms with van der Waals surface area (Å²) in [5.41, 5.74) is 2.03. The van der Waals surface area contributed by atoms with Gasteiger partial charge in [0.25, 0.3) is 0 Å². The summed E-state index contributed by atoms with van der Waals surface area (Å²) < 4.78 is 21.1. The van der Waals surface area contributed by atoms with E-state index in [0.717, 1.165) is 22.2 Å². The number of hydrogen-bond donors (Lipinski definition) is 1. The summed E-state index contributed by atoms with van der Waals surface area (Å²) in [5, 5.41) is 12.2. The van der Waals surface area contributed by atoms with Crippen LogP contribution in [-0.4, -0.2) is 33.5 Å². The number of anilines is 1. The fourth-order valence-electron chi connectivity index (χ4n) is 3.29. The maximum absolute atomic E-state index is 13.7. The molecule has 0 aliphatic rings. The van der Waals surface area contributed by atoms with E-state index in [1.54, 1.807) is 25.3 Å². The summed E-state index contributed by atoms with van der Waals surface area (Å²) in [6, 6.07) is 23.7. The van der Waals surface area contributed by atoms with Crippen LogP contribution in [0.15, 0.2) is 84.0 Å². The highest BCUT2D eigenvalue weighted by Gasteiger charge is 2.17. The number of benzene rings is 3. The third-order valence-corrected chi connectivity index (χ3v) is 5.92. The molecule has 0 radical (unpaired) electrons. The Bertz CT molecular complexity index is 1230. The zero-order chi connectivity index (χ0) is 23.0. The van der Waals surface area contributed by atoms with Crippen LogP contribution in [0.1, 0.15) is 12.8 Å². The predicted octanol–water partition coefficient (Wildman–Crippen LogP) is 5.59. The van der Waals surface area contributed by atoms with Crippen molar-refractivity contribution < 1.29 is 13.9 Å². The number of thioether (sulfide) groups is 1. The van der Waals surface area contributed by atoms with E-state index in [0.29, 0.717) is 18.0 Å². The van der Waals surface area contributed by atoms with Gasteiger partial charge in [-0.25, -0.2) is 4.39 Å². The van der Waals surface area contributed by atoms with Gasteiger partial charge in [-0.3, -0.25) is 9.36 Å². The first-order valence-corrected chi connectivity index (χ1v) is 11.5. The Hall–Kier alpha value is -3.65. The molecule has 0 fully saturated rings. The smallest absolute Gasteiger partial charge is 0.224 e. The number of para-hydroxylation sites is 2. The zero-order valence-electron chi connectivity index (χ0n) is 18.1. The fraction of sp³-hybridized carbons (Fsp3) is 0.160. The Labute approximate surface area is 195 Å². The zero-order valence-corrected chi connectivity index (χ0v) is 18.9. The average molecular weight is 463 g/mol. The van der Waals surface area contributed by atoms with Crippen LogP contribution in [0.4, 0.5) is 10.1 Å². The second-order valence-corrected chi connectivity index (χ2v) is 8.25. The topological polar surface area (TPSA) is 69.0 Å². The monoisotopic (exact) mass is 462 g/mol. The SMILES string of the molecule is COc1cccc(-c2nnc(SCCCC(=O)Nc3ccccc3F)n2-c2ccccc2)c1. The Morgan fingerprint density at radius 3 is 2.61 bits per heavy atom. The molecule has 0 aliphatic heterocycles. The van der Waals surface area contributed by atoms with Gasteiger partial charge in [0, 0.05) is 23.4 Å². The Kier molecular flexibility index (Phi) is 7.36. The first-order chi connectivity index (χ1) is 16.2. The van der Waals surface area contributed by atoms with Crippen molar-refractivity contribution in [3.63, 3.8) is 0 Å². The van der Waals surface area contributed by atoms with Gasteiger partial charge < -0.3 is 10.1 Å². The number of nitrogens with one attached hydrogen (secondary N) is 1. The van der Waals surface area contributed by atoms with Crippen LogP contribution in [0.2, 0.25) is 0 Å². The summed E-state index contributed by atoms with van der Waals surface area (Å²) in [6.07, 6.45) is 0.893. The number of aromatic nitrogens is 3. The first-order valence-electron chi connectivity index (χ1n) is 10.5. The quantitative estimate of drug-likeness (QED) is 0.259. The molecule has 168 valence electrons. The van der Waals surface area contributed by atoms with Crippen LogP contribution in [0.5, 0.6) is 5.75 Å². The van der Waals surface area contributed by atoms with Crippen molar-refractivity contribution >= 4 is 23.4 Å². The first kappa shape index (κ1) is 22.5. The lowest BCUT2D eigenvalue weighted by Crippen LogP contribution is -2.12. The lowest BCUT2D eigenvalue weighted by atomic mass is 10.2. The Morgan fingerprint density at radius 2 is 1.82 bits per heavy atom. The number of ether oxygens (including phenoxy) is 1. The normalized spacial score (nSPS) is 10.7. The van der Waals surface area contributed by atoms with Gasteiger partial charge in [-0.05, 0) is 42.8 Å². The van der Waals surface area contributed by atoms with Crippen LogP contribution in [0.3, 0.4) is 0 Å². The van der Waals surface area contributed by atoms with E-state index in [1.165, 1.54) is 17.8 Å². The van der Waals surface area contributed by atoms with Gasteiger partial charge in [0.2, 0.25) is 5.91 Å². The number of hydrogen-bond acceptors (Lipinski definition) is 5. The molecule has 1 N–H and O–H groups in total. The molecule has 1 amide bonds. The van der Waals surface area contributed by atoms with Crippen molar-refractivity contribution in [2.24, 2.45) is 0 Å². The number of carbonyl (C=O) groups is 1. The van der Waals surface area contributed by atoms with E-state index in [2.05, 4.69) is 15.5 Å². The summed E-state index contributed by atoms with van der Waals surface area (Å²) >= 11 is 1.52. The molecule has 33 heavy (non-hydrogen) atoms. The molecule has 0 spiro atoms. The second-order valence-electron chi connectivity index (χ2n) is 7.19. The van der Waals surface area contributed by atoms with Crippen LogP contribution in [-0.2, 0) is 4.79 Å². The summed E-state index contributed by atoms with van der Waals surface area (Å²) in [6.45, 7) is 0. The molecule has 6 nitrogen and oxygen atoms in total. The van der Waals surface area contributed by atoms with E-state index in [1.807, 2.05) is 59.2 Å². The lowest BCUT2D eigenvalue weighted by Gasteiger charge is -2.11. The molecule has 1 heterocycles. The standard InChI is InChI=1S/C25H23FN4O2S/c1-32-20-12-7-9-18(17-20)24-28-29-25(30(24)19-10-3-2-4-11-19)33-16-8-15-23(31)27-22-14-6-5-13-21(22)26/h2-7,9-14,17H,8,15-16H2,1H3,(H,27,31). The van der Waals surface area contributed by atoms with Crippen LogP contribution < -0.4 is 10.1 Å². The Balaban J connectivity index is 1.46. The van der Waals surface area contributed by atoms with Crippen molar-refractivity contribution in [2.45, 2.75) is 18.0 Å². The number of carbonyl (C=O) groups excluding carboxylic acids is 1. The highest BCUT2D eigenvalue weighted by Crippen LogP contribution is 2.30. The molecule has 1 aromatic heterocycles. The van der Waals surface area contributed by atoms with Crippen LogP contribution in [0, 0.1) is 5.82 Å². The van der Waals surface area contributed by atoms with Crippen LogP contribution >= 0.6 is 11.8 Å². The van der Waals surface area contributed by atoms with E-state index in [9.17, 15) is 9.18 Å². The number of methoxy groups -OCH3 is 1. The molecular formula is C25H23FN4O2S. The van der Waals surface area contributed by atoms with E-state index in [-0.39, 0.29) is 18.0 Å². The minimum atomic E-state index is -0.443. The molecule has 4 aromatic rings. The third kappa shape index (κ3) is 5.59. The van der Waals surface area contributed by atoms with Crippen molar-refractivity contribution in [2.75, 3.05) is 18.2 Å². The average Bonchev–Trinajstić information content (AvgIpc) is 3.28. The van der Waals surface area contributed by atoms with Crippen molar-refractivity contribution in [3.8, 4) is 22.8 Å². The molecule has 0 unspecified atom stereocenters.